The summed E-state index contributed by atoms with van der Waals surface area (Å²) in [4.78, 5) is 23.9. The number of ether oxygens (including phenoxy) is 1. The minimum atomic E-state index is -1.37. The lowest BCUT2D eigenvalue weighted by Crippen LogP contribution is -2.24. The molecule has 0 spiro atoms. The van der Waals surface area contributed by atoms with Gasteiger partial charge in [-0.3, -0.25) is 4.79 Å². The number of aromatic carboxylic acids is 1. The van der Waals surface area contributed by atoms with Gasteiger partial charge in [-0.1, -0.05) is 24.6 Å². The first-order chi connectivity index (χ1) is 15.7. The van der Waals surface area contributed by atoms with Crippen molar-refractivity contribution in [2.45, 2.75) is 26.8 Å². The van der Waals surface area contributed by atoms with Crippen molar-refractivity contribution in [1.29, 1.82) is 0 Å². The van der Waals surface area contributed by atoms with Crippen LogP contribution in [0.1, 0.15) is 45.2 Å². The smallest absolute Gasteiger partial charge is 0.338 e. The number of aryl methyl sites for hydroxylation is 1. The summed E-state index contributed by atoms with van der Waals surface area (Å²) in [6.45, 7) is 4.11. The number of halogens is 3. The van der Waals surface area contributed by atoms with Crippen LogP contribution in [0.2, 0.25) is 5.02 Å². The third-order valence-corrected chi connectivity index (χ3v) is 5.23. The molecule has 172 valence electrons. The summed E-state index contributed by atoms with van der Waals surface area (Å²) in [5, 5.41) is 12.1. The molecule has 0 unspecified atom stereocenters. The molecule has 0 aliphatic heterocycles. The Kier molecular flexibility index (Phi) is 7.66. The Bertz CT molecular complexity index is 1210. The van der Waals surface area contributed by atoms with Crippen LogP contribution in [-0.2, 0) is 6.54 Å². The molecular formula is C25H22ClF2NO4. The van der Waals surface area contributed by atoms with Gasteiger partial charge in [-0.25, -0.2) is 13.6 Å². The predicted molar refractivity (Wildman–Crippen MR) is 122 cm³/mol. The molecule has 0 aliphatic rings. The molecule has 3 rings (SSSR count). The standard InChI is InChI=1S/C25H22ClF2NO4/c1-3-8-33-23-7-4-15(19-12-20(25(31)32)21(27)9-14(19)2)10-16(23)13-29-24(30)18-6-5-17(26)11-22(18)28/h4-7,9-12H,3,8,13H2,1-2H3,(H,29,30)(H,31,32). The lowest BCUT2D eigenvalue weighted by Gasteiger charge is -2.15. The van der Waals surface area contributed by atoms with E-state index in [1.807, 2.05) is 6.92 Å². The Labute approximate surface area is 195 Å². The molecule has 0 saturated heterocycles. The third-order valence-electron chi connectivity index (χ3n) is 4.99. The predicted octanol–water partition coefficient (Wildman–Crippen LogP) is 6.01. The second kappa shape index (κ2) is 10.4. The number of amides is 1. The zero-order valence-corrected chi connectivity index (χ0v) is 18.8. The lowest BCUT2D eigenvalue weighted by molar-refractivity contribution is 0.0691. The molecule has 8 heteroatoms. The van der Waals surface area contributed by atoms with Crippen LogP contribution in [0.3, 0.4) is 0 Å². The van der Waals surface area contributed by atoms with E-state index < -0.39 is 29.1 Å². The van der Waals surface area contributed by atoms with Gasteiger partial charge in [0, 0.05) is 17.1 Å². The Morgan fingerprint density at radius 2 is 1.76 bits per heavy atom. The normalized spacial score (nSPS) is 10.7. The SMILES string of the molecule is CCCOc1ccc(-c2cc(C(=O)O)c(F)cc2C)cc1CNC(=O)c1ccc(Cl)cc1F. The van der Waals surface area contributed by atoms with Crippen LogP contribution in [0.4, 0.5) is 8.78 Å². The molecule has 0 heterocycles. The van der Waals surface area contributed by atoms with Crippen LogP contribution in [-0.4, -0.2) is 23.6 Å². The van der Waals surface area contributed by atoms with E-state index >= 15 is 0 Å². The Balaban J connectivity index is 1.95. The van der Waals surface area contributed by atoms with E-state index in [2.05, 4.69) is 5.32 Å². The van der Waals surface area contributed by atoms with Crippen molar-refractivity contribution >= 4 is 23.5 Å². The van der Waals surface area contributed by atoms with Gasteiger partial charge >= 0.3 is 5.97 Å². The van der Waals surface area contributed by atoms with Crippen LogP contribution in [0.15, 0.2) is 48.5 Å². The Morgan fingerprint density at radius 3 is 2.42 bits per heavy atom. The molecule has 1 amide bonds. The molecule has 0 fully saturated rings. The molecule has 5 nitrogen and oxygen atoms in total. The topological polar surface area (TPSA) is 75.6 Å². The molecule has 2 N–H and O–H groups in total. The van der Waals surface area contributed by atoms with Crippen LogP contribution in [0, 0.1) is 18.6 Å². The zero-order chi connectivity index (χ0) is 24.1. The van der Waals surface area contributed by atoms with Crippen molar-refractivity contribution in [1.82, 2.24) is 5.32 Å². The molecular weight excluding hydrogens is 452 g/mol. The summed E-state index contributed by atoms with van der Waals surface area (Å²) < 4.78 is 33.9. The van der Waals surface area contributed by atoms with E-state index in [0.717, 1.165) is 12.5 Å². The highest BCUT2D eigenvalue weighted by atomic mass is 35.5. The number of carboxylic acids is 1. The van der Waals surface area contributed by atoms with Crippen molar-refractivity contribution in [2.75, 3.05) is 6.61 Å². The third kappa shape index (κ3) is 5.68. The van der Waals surface area contributed by atoms with Crippen LogP contribution in [0.25, 0.3) is 11.1 Å². The molecule has 0 radical (unpaired) electrons. The second-order valence-corrected chi connectivity index (χ2v) is 7.87. The van der Waals surface area contributed by atoms with E-state index in [9.17, 15) is 23.5 Å². The number of rotatable bonds is 8. The van der Waals surface area contributed by atoms with Gasteiger partial charge in [0.1, 0.15) is 17.4 Å². The van der Waals surface area contributed by atoms with Gasteiger partial charge in [-0.15, -0.1) is 0 Å². The number of hydrogen-bond donors (Lipinski definition) is 2. The maximum absolute atomic E-state index is 14.1. The first-order valence-electron chi connectivity index (χ1n) is 10.2. The number of carbonyl (C=O) groups is 2. The minimum Gasteiger partial charge on any atom is -0.493 e. The quantitative estimate of drug-likeness (QED) is 0.420. The monoisotopic (exact) mass is 473 g/mol. The highest BCUT2D eigenvalue weighted by Gasteiger charge is 2.17. The van der Waals surface area contributed by atoms with Gasteiger partial charge in [-0.05, 0) is 72.5 Å². The minimum absolute atomic E-state index is 0.0276. The summed E-state index contributed by atoms with van der Waals surface area (Å²) in [6.07, 6.45) is 0.766. The van der Waals surface area contributed by atoms with Gasteiger partial charge in [0.05, 0.1) is 17.7 Å². The molecule has 3 aromatic carbocycles. The summed E-state index contributed by atoms with van der Waals surface area (Å²) in [6, 6.07) is 11.4. The average molecular weight is 474 g/mol. The fraction of sp³-hybridized carbons (Fsp3) is 0.200. The van der Waals surface area contributed by atoms with Crippen LogP contribution < -0.4 is 10.1 Å². The number of carboxylic acid groups (broad SMARTS) is 1. The Hall–Kier alpha value is -3.45. The maximum Gasteiger partial charge on any atom is 0.338 e. The number of nitrogens with one attached hydrogen (secondary N) is 1. The molecule has 0 atom stereocenters. The summed E-state index contributed by atoms with van der Waals surface area (Å²) in [7, 11) is 0. The number of hydrogen-bond acceptors (Lipinski definition) is 3. The summed E-state index contributed by atoms with van der Waals surface area (Å²) in [5.41, 5.74) is 1.73. The maximum atomic E-state index is 14.1. The summed E-state index contributed by atoms with van der Waals surface area (Å²) >= 11 is 5.74. The molecule has 0 bridgehead atoms. The summed E-state index contributed by atoms with van der Waals surface area (Å²) in [5.74, 6) is -3.02. The van der Waals surface area contributed by atoms with Gasteiger partial charge in [-0.2, -0.15) is 0 Å². The van der Waals surface area contributed by atoms with Gasteiger partial charge < -0.3 is 15.2 Å². The van der Waals surface area contributed by atoms with Crippen molar-refractivity contribution in [3.05, 3.63) is 87.4 Å². The fourth-order valence-electron chi connectivity index (χ4n) is 3.33. The molecule has 0 aliphatic carbocycles. The van der Waals surface area contributed by atoms with Crippen LogP contribution in [0.5, 0.6) is 5.75 Å². The molecule has 0 aromatic heterocycles. The van der Waals surface area contributed by atoms with Gasteiger partial charge in [0.2, 0.25) is 0 Å². The van der Waals surface area contributed by atoms with Crippen molar-refractivity contribution < 1.29 is 28.2 Å². The van der Waals surface area contributed by atoms with Crippen molar-refractivity contribution in [2.24, 2.45) is 0 Å². The van der Waals surface area contributed by atoms with E-state index in [1.165, 1.54) is 24.3 Å². The first-order valence-corrected chi connectivity index (χ1v) is 10.6. The average Bonchev–Trinajstić information content (AvgIpc) is 2.76. The molecule has 0 saturated carbocycles. The van der Waals surface area contributed by atoms with Crippen molar-refractivity contribution in [3.63, 3.8) is 0 Å². The van der Waals surface area contributed by atoms with E-state index in [-0.39, 0.29) is 17.1 Å². The Morgan fingerprint density at radius 1 is 1.03 bits per heavy atom. The van der Waals surface area contributed by atoms with Crippen molar-refractivity contribution in [3.8, 4) is 16.9 Å². The number of carbonyl (C=O) groups excluding carboxylic acids is 1. The van der Waals surface area contributed by atoms with Gasteiger partial charge in [0.25, 0.3) is 5.91 Å². The van der Waals surface area contributed by atoms with Gasteiger partial charge in [0.15, 0.2) is 0 Å². The largest absolute Gasteiger partial charge is 0.493 e. The lowest BCUT2D eigenvalue weighted by atomic mass is 9.96. The van der Waals surface area contributed by atoms with E-state index in [1.54, 1.807) is 25.1 Å². The number of benzene rings is 3. The van der Waals surface area contributed by atoms with E-state index in [0.29, 0.717) is 34.6 Å². The van der Waals surface area contributed by atoms with Crippen LogP contribution >= 0.6 is 11.6 Å². The second-order valence-electron chi connectivity index (χ2n) is 7.43. The first kappa shape index (κ1) is 24.2. The molecule has 33 heavy (non-hydrogen) atoms. The van der Waals surface area contributed by atoms with E-state index in [4.69, 9.17) is 16.3 Å². The highest BCUT2D eigenvalue weighted by molar-refractivity contribution is 6.30. The molecule has 3 aromatic rings. The fourth-order valence-corrected chi connectivity index (χ4v) is 3.49. The zero-order valence-electron chi connectivity index (χ0n) is 18.0. The highest BCUT2D eigenvalue weighted by Crippen LogP contribution is 2.31.